The maximum Gasteiger partial charge on any atom is 0.345 e. The topological polar surface area (TPSA) is 83.9 Å². The van der Waals surface area contributed by atoms with Crippen LogP contribution in [0.5, 0.6) is 0 Å². The van der Waals surface area contributed by atoms with Gasteiger partial charge in [0.1, 0.15) is 9.09 Å². The van der Waals surface area contributed by atoms with Crippen LogP contribution in [0.3, 0.4) is 0 Å². The predicted molar refractivity (Wildman–Crippen MR) is 82.8 cm³/mol. The molecule has 0 aliphatic carbocycles. The third kappa shape index (κ3) is 3.78. The van der Waals surface area contributed by atoms with E-state index in [-0.39, 0.29) is 21.7 Å². The summed E-state index contributed by atoms with van der Waals surface area (Å²) in [5.74, 6) is 0.593. The second-order valence-corrected chi connectivity index (χ2v) is 8.90. The Morgan fingerprint density at radius 3 is 2.81 bits per heavy atom. The van der Waals surface area contributed by atoms with Gasteiger partial charge in [0.15, 0.2) is 0 Å². The Morgan fingerprint density at radius 1 is 1.52 bits per heavy atom. The van der Waals surface area contributed by atoms with E-state index in [1.807, 2.05) is 0 Å². The van der Waals surface area contributed by atoms with E-state index in [0.29, 0.717) is 6.61 Å². The fourth-order valence-electron chi connectivity index (χ4n) is 2.12. The summed E-state index contributed by atoms with van der Waals surface area (Å²) >= 11 is 2.52. The molecule has 2 rings (SSSR count). The van der Waals surface area contributed by atoms with E-state index < -0.39 is 16.0 Å². The van der Waals surface area contributed by atoms with Gasteiger partial charge in [-0.15, -0.1) is 11.3 Å². The lowest BCUT2D eigenvalue weighted by molar-refractivity contribution is 0.0702. The first kappa shape index (κ1) is 16.8. The van der Waals surface area contributed by atoms with Crippen molar-refractivity contribution in [3.05, 3.63) is 17.0 Å². The third-order valence-electron chi connectivity index (χ3n) is 3.18. The molecule has 0 aromatic carbocycles. The number of carboxylic acid groups (broad SMARTS) is 1. The van der Waals surface area contributed by atoms with Crippen molar-refractivity contribution in [2.24, 2.45) is 0 Å². The molecule has 0 saturated carbocycles. The van der Waals surface area contributed by atoms with Crippen LogP contribution < -0.4 is 0 Å². The molecule has 1 aromatic heterocycles. The summed E-state index contributed by atoms with van der Waals surface area (Å²) in [5.41, 5.74) is 0. The first-order valence-electron chi connectivity index (χ1n) is 6.38. The highest BCUT2D eigenvalue weighted by molar-refractivity contribution is 7.99. The molecule has 1 aliphatic heterocycles. The van der Waals surface area contributed by atoms with Crippen molar-refractivity contribution in [1.29, 1.82) is 0 Å². The molecule has 118 valence electrons. The number of methoxy groups -OCH3 is 1. The van der Waals surface area contributed by atoms with Crippen LogP contribution in [-0.4, -0.2) is 61.6 Å². The quantitative estimate of drug-likeness (QED) is 0.803. The number of aromatic carboxylic acids is 1. The summed E-state index contributed by atoms with van der Waals surface area (Å²) in [6.07, 6.45) is 0.810. The molecule has 2 heterocycles. The highest BCUT2D eigenvalue weighted by atomic mass is 32.2. The number of nitrogens with zero attached hydrogens (tertiary/aromatic N) is 1. The van der Waals surface area contributed by atoms with E-state index in [0.717, 1.165) is 29.3 Å². The molecule has 0 radical (unpaired) electrons. The standard InChI is InChI=1S/C12H17NO5S3/c1-18-6-5-13(9-4-7-19-8-9)21(16,17)11-3-2-10(20-11)12(14)15/h2-3,9H,4-8H2,1H3,(H,14,15). The smallest absolute Gasteiger partial charge is 0.345 e. The molecule has 1 aliphatic rings. The highest BCUT2D eigenvalue weighted by Crippen LogP contribution is 2.30. The fraction of sp³-hybridized carbons (Fsp3) is 0.583. The lowest BCUT2D eigenvalue weighted by Gasteiger charge is -2.26. The molecule has 6 nitrogen and oxygen atoms in total. The Balaban J connectivity index is 2.28. The van der Waals surface area contributed by atoms with Crippen LogP contribution in [0.4, 0.5) is 0 Å². The second kappa shape index (κ2) is 7.10. The van der Waals surface area contributed by atoms with Crippen LogP contribution in [0.2, 0.25) is 0 Å². The van der Waals surface area contributed by atoms with E-state index in [1.165, 1.54) is 23.5 Å². The molecular weight excluding hydrogens is 334 g/mol. The molecule has 9 heteroatoms. The molecule has 1 fully saturated rings. The van der Waals surface area contributed by atoms with Gasteiger partial charge in [-0.3, -0.25) is 0 Å². The second-order valence-electron chi connectivity index (χ2n) is 4.55. The van der Waals surface area contributed by atoms with Crippen molar-refractivity contribution in [2.45, 2.75) is 16.7 Å². The fourth-order valence-corrected chi connectivity index (χ4v) is 6.35. The first-order valence-corrected chi connectivity index (χ1v) is 9.79. The minimum atomic E-state index is -3.67. The van der Waals surface area contributed by atoms with Crippen molar-refractivity contribution < 1.29 is 23.1 Å². The largest absolute Gasteiger partial charge is 0.477 e. The maximum absolute atomic E-state index is 12.7. The summed E-state index contributed by atoms with van der Waals surface area (Å²) in [5, 5.41) is 8.93. The van der Waals surface area contributed by atoms with Gasteiger partial charge < -0.3 is 9.84 Å². The van der Waals surface area contributed by atoms with Gasteiger partial charge in [0, 0.05) is 25.4 Å². The van der Waals surface area contributed by atoms with Gasteiger partial charge in [-0.1, -0.05) is 0 Å². The molecule has 1 atom stereocenters. The van der Waals surface area contributed by atoms with E-state index in [1.54, 1.807) is 11.8 Å². The zero-order valence-electron chi connectivity index (χ0n) is 11.5. The van der Waals surface area contributed by atoms with Crippen molar-refractivity contribution in [3.8, 4) is 0 Å². The molecule has 1 aromatic rings. The third-order valence-corrected chi connectivity index (χ3v) is 7.82. The van der Waals surface area contributed by atoms with Crippen molar-refractivity contribution in [3.63, 3.8) is 0 Å². The predicted octanol–water partition coefficient (Wildman–Crippen LogP) is 1.59. The summed E-state index contributed by atoms with van der Waals surface area (Å²) < 4.78 is 32.0. The van der Waals surface area contributed by atoms with E-state index in [4.69, 9.17) is 9.84 Å². The number of thioether (sulfide) groups is 1. The number of ether oxygens (including phenoxy) is 1. The monoisotopic (exact) mass is 351 g/mol. The van der Waals surface area contributed by atoms with Gasteiger partial charge in [-0.05, 0) is 24.3 Å². The van der Waals surface area contributed by atoms with Gasteiger partial charge in [0.25, 0.3) is 10.0 Å². The molecule has 0 bridgehead atoms. The summed E-state index contributed by atoms with van der Waals surface area (Å²) in [6, 6.07) is 2.65. The Bertz CT molecular complexity index is 592. The SMILES string of the molecule is COCCN(C1CCSC1)S(=O)(=O)c1ccc(C(=O)O)s1. The van der Waals surface area contributed by atoms with Crippen LogP contribution in [-0.2, 0) is 14.8 Å². The first-order chi connectivity index (χ1) is 9.96. The average molecular weight is 351 g/mol. The lowest BCUT2D eigenvalue weighted by atomic mass is 10.3. The number of carboxylic acids is 1. The van der Waals surface area contributed by atoms with Crippen LogP contribution in [0.1, 0.15) is 16.1 Å². The van der Waals surface area contributed by atoms with Gasteiger partial charge in [-0.2, -0.15) is 16.1 Å². The molecule has 0 spiro atoms. The van der Waals surface area contributed by atoms with Gasteiger partial charge in [-0.25, -0.2) is 13.2 Å². The molecule has 1 N–H and O–H groups in total. The van der Waals surface area contributed by atoms with Crippen molar-refractivity contribution in [1.82, 2.24) is 4.31 Å². The zero-order chi connectivity index (χ0) is 15.5. The minimum Gasteiger partial charge on any atom is -0.477 e. The van der Waals surface area contributed by atoms with E-state index in [2.05, 4.69) is 0 Å². The number of rotatable bonds is 7. The number of thiophene rings is 1. The average Bonchev–Trinajstić information content (AvgIpc) is 3.10. The lowest BCUT2D eigenvalue weighted by Crippen LogP contribution is -2.42. The van der Waals surface area contributed by atoms with Crippen molar-refractivity contribution >= 4 is 39.1 Å². The Morgan fingerprint density at radius 2 is 2.29 bits per heavy atom. The van der Waals surface area contributed by atoms with Crippen LogP contribution in [0.15, 0.2) is 16.3 Å². The molecule has 1 saturated heterocycles. The van der Waals surface area contributed by atoms with Crippen LogP contribution >= 0.6 is 23.1 Å². The molecule has 0 amide bonds. The number of hydrogen-bond donors (Lipinski definition) is 1. The normalized spacial score (nSPS) is 19.2. The number of carbonyl (C=O) groups is 1. The summed E-state index contributed by atoms with van der Waals surface area (Å²) in [7, 11) is -2.14. The minimum absolute atomic E-state index is 0.0288. The molecule has 21 heavy (non-hydrogen) atoms. The maximum atomic E-state index is 12.7. The van der Waals surface area contributed by atoms with Crippen molar-refractivity contribution in [2.75, 3.05) is 31.8 Å². The Labute approximate surface area is 132 Å². The molecular formula is C12H17NO5S3. The zero-order valence-corrected chi connectivity index (χ0v) is 14.0. The summed E-state index contributed by atoms with van der Waals surface area (Å²) in [6.45, 7) is 0.599. The highest BCUT2D eigenvalue weighted by Gasteiger charge is 2.34. The van der Waals surface area contributed by atoms with Gasteiger partial charge in [0.05, 0.1) is 6.61 Å². The van der Waals surface area contributed by atoms with Gasteiger partial charge in [0.2, 0.25) is 0 Å². The number of sulfonamides is 1. The molecule has 1 unspecified atom stereocenters. The summed E-state index contributed by atoms with van der Waals surface area (Å²) in [4.78, 5) is 10.9. The Hall–Kier alpha value is -0.610. The number of hydrogen-bond acceptors (Lipinski definition) is 6. The van der Waals surface area contributed by atoms with E-state index in [9.17, 15) is 13.2 Å². The van der Waals surface area contributed by atoms with Crippen LogP contribution in [0, 0.1) is 0 Å². The Kier molecular flexibility index (Phi) is 5.67. The van der Waals surface area contributed by atoms with E-state index >= 15 is 0 Å². The van der Waals surface area contributed by atoms with Gasteiger partial charge >= 0.3 is 5.97 Å². The van der Waals surface area contributed by atoms with Crippen LogP contribution in [0.25, 0.3) is 0 Å².